The first kappa shape index (κ1) is 21.6. The second-order valence-electron chi connectivity index (χ2n) is 9.93. The van der Waals surface area contributed by atoms with Crippen LogP contribution in [0.1, 0.15) is 5.56 Å². The molecule has 1 saturated heterocycles. The lowest BCUT2D eigenvalue weighted by Crippen LogP contribution is -2.46. The van der Waals surface area contributed by atoms with Crippen molar-refractivity contribution in [2.45, 2.75) is 11.6 Å². The summed E-state index contributed by atoms with van der Waals surface area (Å²) in [5.41, 5.74) is 3.65. The van der Waals surface area contributed by atoms with E-state index in [0.29, 0.717) is 0 Å². The molecule has 4 heteroatoms. The largest absolute Gasteiger partial charge is 0.409 e. The molecule has 0 spiro atoms. The third kappa shape index (κ3) is 3.20. The summed E-state index contributed by atoms with van der Waals surface area (Å²) in [7, 11) is -2.05. The molecule has 0 saturated carbocycles. The Balaban J connectivity index is 1.60. The van der Waals surface area contributed by atoms with Crippen LogP contribution in [0.3, 0.4) is 0 Å². The number of rotatable bonds is 1. The zero-order valence-electron chi connectivity index (χ0n) is 19.9. The Kier molecular flexibility index (Phi) is 4.92. The smallest absolute Gasteiger partial charge is 0.144 e. The van der Waals surface area contributed by atoms with Crippen LogP contribution in [0.4, 0.5) is 0 Å². The Morgan fingerprint density at radius 2 is 1.31 bits per heavy atom. The van der Waals surface area contributed by atoms with E-state index in [2.05, 4.69) is 102 Å². The summed E-state index contributed by atoms with van der Waals surface area (Å²) in [5, 5.41) is 12.4. The van der Waals surface area contributed by atoms with E-state index in [1.165, 1.54) is 53.9 Å². The number of terminal acetylenes is 2. The van der Waals surface area contributed by atoms with E-state index in [4.69, 9.17) is 17.3 Å². The normalized spacial score (nSPS) is 21.4. The van der Waals surface area contributed by atoms with Crippen LogP contribution in [0.2, 0.25) is 6.04 Å². The van der Waals surface area contributed by atoms with Gasteiger partial charge in [0.2, 0.25) is 0 Å². The highest BCUT2D eigenvalue weighted by molar-refractivity contribution is 7.37. The average Bonchev–Trinajstić information content (AvgIpc) is 2.93. The average molecular weight is 509 g/mol. The van der Waals surface area contributed by atoms with Gasteiger partial charge in [0.05, 0.1) is 0 Å². The molecule has 1 fully saturated rings. The van der Waals surface area contributed by atoms with Crippen LogP contribution in [0.25, 0.3) is 53.9 Å². The molecule has 1 aliphatic heterocycles. The zero-order valence-corrected chi connectivity index (χ0v) is 23.9. The minimum absolute atomic E-state index is 0.214. The molecule has 1 aliphatic rings. The van der Waals surface area contributed by atoms with Gasteiger partial charge in [0.25, 0.3) is 0 Å². The summed E-state index contributed by atoms with van der Waals surface area (Å²) in [6, 6.07) is 34.1. The summed E-state index contributed by atoms with van der Waals surface area (Å²) in [6.45, 7) is 0. The van der Waals surface area contributed by atoms with Gasteiger partial charge in [-0.05, 0) is 90.2 Å². The van der Waals surface area contributed by atoms with Crippen LogP contribution in [0, 0.1) is 24.3 Å². The molecule has 0 amide bonds. The Labute approximate surface area is 216 Å². The lowest BCUT2D eigenvalue weighted by molar-refractivity contribution is 0.167. The Morgan fingerprint density at radius 1 is 0.667 bits per heavy atom. The predicted molar refractivity (Wildman–Crippen MR) is 163 cm³/mol. The van der Waals surface area contributed by atoms with Crippen molar-refractivity contribution in [2.24, 2.45) is 0 Å². The summed E-state index contributed by atoms with van der Waals surface area (Å²) in [6.07, 6.45) is 12.3. The monoisotopic (exact) mass is 508 g/mol. The molecule has 6 aromatic carbocycles. The fraction of sp³-hybridized carbons (Fsp3) is 0.0625. The molecule has 0 bridgehead atoms. The topological polar surface area (TPSA) is 9.23 Å². The van der Waals surface area contributed by atoms with Crippen LogP contribution in [0.5, 0.6) is 0 Å². The molecule has 36 heavy (non-hydrogen) atoms. The molecule has 2 unspecified atom stereocenters. The second kappa shape index (κ2) is 8.20. The SMILES string of the molecule is C#C[SiH]1CC(C#C)(c2c3ccccc3cc3c2ccc2cc4cc5ccccc5cc4cc23)O[SiH2][SiH2]1. The summed E-state index contributed by atoms with van der Waals surface area (Å²) < 4.78 is 6.68. The molecule has 0 aliphatic carbocycles. The van der Waals surface area contributed by atoms with E-state index in [1.807, 2.05) is 0 Å². The Bertz CT molecular complexity index is 1950. The van der Waals surface area contributed by atoms with Gasteiger partial charge in [-0.25, -0.2) is 0 Å². The van der Waals surface area contributed by atoms with Gasteiger partial charge in [-0.15, -0.1) is 18.4 Å². The van der Waals surface area contributed by atoms with Crippen LogP contribution in [0.15, 0.2) is 91.0 Å². The Hall–Kier alpha value is -3.65. The third-order valence-electron chi connectivity index (χ3n) is 7.90. The van der Waals surface area contributed by atoms with Gasteiger partial charge in [-0.3, -0.25) is 0 Å². The molecule has 7 rings (SSSR count). The fourth-order valence-corrected chi connectivity index (χ4v) is 20.6. The van der Waals surface area contributed by atoms with Crippen molar-refractivity contribution >= 4 is 80.0 Å². The zero-order chi connectivity index (χ0) is 24.3. The van der Waals surface area contributed by atoms with E-state index >= 15 is 0 Å². The van der Waals surface area contributed by atoms with Gasteiger partial charge >= 0.3 is 0 Å². The summed E-state index contributed by atoms with van der Waals surface area (Å²) in [5.74, 6) is 3.15. The summed E-state index contributed by atoms with van der Waals surface area (Å²) in [4.78, 5) is 0. The first-order chi connectivity index (χ1) is 17.7. The molecule has 0 N–H and O–H groups in total. The molecule has 0 radical (unpaired) electrons. The van der Waals surface area contributed by atoms with Gasteiger partial charge < -0.3 is 4.43 Å². The van der Waals surface area contributed by atoms with Crippen molar-refractivity contribution in [3.8, 4) is 24.3 Å². The van der Waals surface area contributed by atoms with Gasteiger partial charge in [0, 0.05) is 14.1 Å². The highest BCUT2D eigenvalue weighted by Crippen LogP contribution is 2.44. The fourth-order valence-electron chi connectivity index (χ4n) is 6.12. The number of hydrogen-bond donors (Lipinski definition) is 0. The maximum atomic E-state index is 6.68. The van der Waals surface area contributed by atoms with Crippen LogP contribution < -0.4 is 0 Å². The van der Waals surface area contributed by atoms with E-state index < -0.39 is 23.2 Å². The van der Waals surface area contributed by atoms with Crippen LogP contribution >= 0.6 is 0 Å². The lowest BCUT2D eigenvalue weighted by Gasteiger charge is -2.37. The van der Waals surface area contributed by atoms with Crippen LogP contribution in [-0.2, 0) is 10.0 Å². The maximum Gasteiger partial charge on any atom is 0.144 e. The molecular formula is C32H24OSi3. The first-order valence-electron chi connectivity index (χ1n) is 12.5. The van der Waals surface area contributed by atoms with Crippen molar-refractivity contribution in [1.29, 1.82) is 0 Å². The van der Waals surface area contributed by atoms with E-state index in [-0.39, 0.29) is 8.55 Å². The first-order valence-corrected chi connectivity index (χ1v) is 21.7. The van der Waals surface area contributed by atoms with Gasteiger partial charge in [-0.2, -0.15) is 0 Å². The Morgan fingerprint density at radius 3 is 2.06 bits per heavy atom. The standard InChI is InChI=1S/C32H24OSi3/c1-3-32(20-36(4-2)35-34-33-32)31-27-12-8-7-11-23(27)18-30-28(31)14-13-24-17-25-15-21-9-5-6-10-22(21)16-26(25)19-29(24)30/h1-2,5-19,36H,20,34-35H2. The van der Waals surface area contributed by atoms with E-state index in [0.717, 1.165) is 11.6 Å². The van der Waals surface area contributed by atoms with E-state index in [1.54, 1.807) is 0 Å². The maximum absolute atomic E-state index is 6.68. The molecule has 0 aromatic heterocycles. The van der Waals surface area contributed by atoms with E-state index in [9.17, 15) is 0 Å². The third-order valence-corrected chi connectivity index (χ3v) is 24.4. The number of hydrogen-bond acceptors (Lipinski definition) is 1. The molecule has 170 valence electrons. The number of fused-ring (bicyclic) bond motifs is 6. The molecule has 1 nitrogen and oxygen atoms in total. The highest BCUT2D eigenvalue weighted by atomic mass is 29.5. The molecule has 2 atom stereocenters. The number of benzene rings is 6. The van der Waals surface area contributed by atoms with Crippen molar-refractivity contribution in [3.05, 3.63) is 96.6 Å². The minimum atomic E-state index is -1.22. The minimum Gasteiger partial charge on any atom is -0.409 e. The van der Waals surface area contributed by atoms with Crippen LogP contribution in [-0.4, -0.2) is 26.1 Å². The summed E-state index contributed by atoms with van der Waals surface area (Å²) >= 11 is 0. The highest BCUT2D eigenvalue weighted by Gasteiger charge is 2.40. The van der Waals surface area contributed by atoms with Crippen molar-refractivity contribution in [2.75, 3.05) is 0 Å². The van der Waals surface area contributed by atoms with Crippen molar-refractivity contribution in [1.82, 2.24) is 0 Å². The molecular weight excluding hydrogens is 485 g/mol. The quantitative estimate of drug-likeness (QED) is 0.125. The molecule has 1 heterocycles. The van der Waals surface area contributed by atoms with Gasteiger partial charge in [0.15, 0.2) is 0 Å². The van der Waals surface area contributed by atoms with Gasteiger partial charge in [-0.1, -0.05) is 66.6 Å². The van der Waals surface area contributed by atoms with Gasteiger partial charge in [0.1, 0.15) is 23.2 Å². The lowest BCUT2D eigenvalue weighted by atomic mass is 9.85. The van der Waals surface area contributed by atoms with Crippen molar-refractivity contribution in [3.63, 3.8) is 0 Å². The van der Waals surface area contributed by atoms with Crippen molar-refractivity contribution < 1.29 is 4.43 Å². The predicted octanol–water partition coefficient (Wildman–Crippen LogP) is 5.38. The second-order valence-corrected chi connectivity index (χ2v) is 24.4. The molecule has 6 aromatic rings.